The van der Waals surface area contributed by atoms with Gasteiger partial charge in [-0.05, 0) is 29.8 Å². The summed E-state index contributed by atoms with van der Waals surface area (Å²) in [5.74, 6) is -1.04. The van der Waals surface area contributed by atoms with Crippen LogP contribution in [0.5, 0.6) is 0 Å². The number of carbonyl (C=O) groups is 1. The predicted molar refractivity (Wildman–Crippen MR) is 74.6 cm³/mol. The van der Waals surface area contributed by atoms with Gasteiger partial charge in [-0.1, -0.05) is 6.07 Å². The molecule has 3 N–H and O–H groups in total. The molecule has 0 aliphatic carbocycles. The molecule has 6 nitrogen and oxygen atoms in total. The number of rotatable bonds is 4. The second-order valence-electron chi connectivity index (χ2n) is 4.35. The van der Waals surface area contributed by atoms with Crippen molar-refractivity contribution in [3.8, 4) is 0 Å². The summed E-state index contributed by atoms with van der Waals surface area (Å²) in [7, 11) is 0. The van der Waals surface area contributed by atoms with Gasteiger partial charge in [0.05, 0.1) is 5.52 Å². The molecular weight excluding hydrogens is 256 g/mol. The third kappa shape index (κ3) is 2.31. The maximum absolute atomic E-state index is 11.1. The summed E-state index contributed by atoms with van der Waals surface area (Å²) in [5, 5.41) is 19.4. The molecule has 2 aromatic heterocycles. The highest BCUT2D eigenvalue weighted by molar-refractivity contribution is 6.01. The average molecular weight is 268 g/mol. The molecule has 0 fully saturated rings. The van der Waals surface area contributed by atoms with Gasteiger partial charge >= 0.3 is 5.97 Å². The van der Waals surface area contributed by atoms with Crippen molar-refractivity contribution >= 4 is 22.6 Å². The van der Waals surface area contributed by atoms with E-state index in [0.29, 0.717) is 17.4 Å². The number of H-pyrrole nitrogens is 1. The van der Waals surface area contributed by atoms with Crippen LogP contribution in [0.15, 0.2) is 42.7 Å². The smallest absolute Gasteiger partial charge is 0.357 e. The Morgan fingerprint density at radius 3 is 3.00 bits per heavy atom. The zero-order valence-electron chi connectivity index (χ0n) is 10.5. The topological polar surface area (TPSA) is 90.9 Å². The summed E-state index contributed by atoms with van der Waals surface area (Å²) in [6, 6.07) is 9.30. The fourth-order valence-electron chi connectivity index (χ4n) is 1.99. The Balaban J connectivity index is 1.85. The zero-order valence-corrected chi connectivity index (χ0v) is 10.5. The van der Waals surface area contributed by atoms with Gasteiger partial charge in [-0.2, -0.15) is 5.10 Å². The third-order valence-corrected chi connectivity index (χ3v) is 2.98. The molecule has 0 saturated heterocycles. The number of aromatic carboxylic acids is 1. The molecule has 20 heavy (non-hydrogen) atoms. The summed E-state index contributed by atoms with van der Waals surface area (Å²) in [6.07, 6.45) is 3.51. The van der Waals surface area contributed by atoms with E-state index >= 15 is 0 Å². The van der Waals surface area contributed by atoms with Gasteiger partial charge in [-0.15, -0.1) is 0 Å². The van der Waals surface area contributed by atoms with Gasteiger partial charge in [0.2, 0.25) is 0 Å². The summed E-state index contributed by atoms with van der Waals surface area (Å²) < 4.78 is 0. The van der Waals surface area contributed by atoms with Crippen molar-refractivity contribution in [1.29, 1.82) is 0 Å². The van der Waals surface area contributed by atoms with E-state index in [0.717, 1.165) is 11.3 Å². The first-order valence-electron chi connectivity index (χ1n) is 6.08. The molecule has 0 unspecified atom stereocenters. The number of nitrogens with zero attached hydrogens (tertiary/aromatic N) is 2. The number of aromatic amines is 1. The number of benzene rings is 1. The number of fused-ring (bicyclic) bond motifs is 1. The molecule has 0 saturated carbocycles. The van der Waals surface area contributed by atoms with Crippen molar-refractivity contribution in [3.63, 3.8) is 0 Å². The molecule has 100 valence electrons. The fourth-order valence-corrected chi connectivity index (χ4v) is 1.99. The van der Waals surface area contributed by atoms with E-state index in [1.807, 2.05) is 18.2 Å². The molecule has 6 heteroatoms. The van der Waals surface area contributed by atoms with Gasteiger partial charge in [-0.25, -0.2) is 4.79 Å². The van der Waals surface area contributed by atoms with Crippen molar-refractivity contribution in [2.45, 2.75) is 6.54 Å². The average Bonchev–Trinajstić information content (AvgIpc) is 2.89. The van der Waals surface area contributed by atoms with Crippen LogP contribution in [0.4, 0.5) is 5.69 Å². The Bertz CT molecular complexity index is 752. The predicted octanol–water partition coefficient (Wildman–Crippen LogP) is 2.27. The van der Waals surface area contributed by atoms with Crippen molar-refractivity contribution in [2.75, 3.05) is 5.32 Å². The van der Waals surface area contributed by atoms with Gasteiger partial charge < -0.3 is 10.4 Å². The number of anilines is 1. The Kier molecular flexibility index (Phi) is 3.04. The van der Waals surface area contributed by atoms with E-state index in [1.165, 1.54) is 0 Å². The number of aromatic nitrogens is 3. The highest BCUT2D eigenvalue weighted by atomic mass is 16.4. The first kappa shape index (κ1) is 12.2. The van der Waals surface area contributed by atoms with Crippen LogP contribution in [-0.4, -0.2) is 26.3 Å². The fraction of sp³-hybridized carbons (Fsp3) is 0.0714. The first-order chi connectivity index (χ1) is 9.74. The largest absolute Gasteiger partial charge is 0.476 e. The van der Waals surface area contributed by atoms with Crippen molar-refractivity contribution in [1.82, 2.24) is 15.2 Å². The monoisotopic (exact) mass is 268 g/mol. The number of pyridine rings is 1. The summed E-state index contributed by atoms with van der Waals surface area (Å²) in [4.78, 5) is 15.1. The molecule has 0 aliphatic heterocycles. The summed E-state index contributed by atoms with van der Waals surface area (Å²) in [5.41, 5.74) is 2.63. The zero-order chi connectivity index (χ0) is 13.9. The van der Waals surface area contributed by atoms with Crippen LogP contribution < -0.4 is 5.32 Å². The molecule has 2 heterocycles. The lowest BCUT2D eigenvalue weighted by Crippen LogP contribution is -2.00. The van der Waals surface area contributed by atoms with E-state index in [9.17, 15) is 4.79 Å². The highest BCUT2D eigenvalue weighted by Crippen LogP contribution is 2.21. The Morgan fingerprint density at radius 2 is 2.25 bits per heavy atom. The Hall–Kier alpha value is -2.89. The molecule has 0 bridgehead atoms. The van der Waals surface area contributed by atoms with Crippen molar-refractivity contribution < 1.29 is 9.90 Å². The van der Waals surface area contributed by atoms with E-state index in [4.69, 9.17) is 5.11 Å². The second-order valence-corrected chi connectivity index (χ2v) is 4.35. The molecule has 3 aromatic rings. The van der Waals surface area contributed by atoms with Crippen LogP contribution in [0.25, 0.3) is 10.9 Å². The van der Waals surface area contributed by atoms with Gasteiger partial charge in [-0.3, -0.25) is 10.1 Å². The second kappa shape index (κ2) is 5.00. The number of hydrogen-bond donors (Lipinski definition) is 3. The Labute approximate surface area is 114 Å². The van der Waals surface area contributed by atoms with Gasteiger partial charge in [0.1, 0.15) is 0 Å². The molecule has 0 aliphatic rings. The van der Waals surface area contributed by atoms with E-state index < -0.39 is 5.97 Å². The minimum atomic E-state index is -1.04. The van der Waals surface area contributed by atoms with Crippen LogP contribution in [0.2, 0.25) is 0 Å². The Morgan fingerprint density at radius 1 is 1.35 bits per heavy atom. The molecule has 0 radical (unpaired) electrons. The molecule has 0 spiro atoms. The van der Waals surface area contributed by atoms with Gasteiger partial charge in [0.25, 0.3) is 0 Å². The lowest BCUT2D eigenvalue weighted by atomic mass is 10.2. The van der Waals surface area contributed by atoms with Crippen LogP contribution in [0, 0.1) is 0 Å². The minimum absolute atomic E-state index is 0.0324. The third-order valence-electron chi connectivity index (χ3n) is 2.98. The molecule has 3 rings (SSSR count). The van der Waals surface area contributed by atoms with Gasteiger partial charge in [0.15, 0.2) is 5.69 Å². The van der Waals surface area contributed by atoms with Crippen LogP contribution in [0.3, 0.4) is 0 Å². The van der Waals surface area contributed by atoms with Crippen LogP contribution in [-0.2, 0) is 6.54 Å². The first-order valence-corrected chi connectivity index (χ1v) is 6.08. The molecule has 0 atom stereocenters. The maximum atomic E-state index is 11.1. The van der Waals surface area contributed by atoms with Crippen LogP contribution in [0.1, 0.15) is 16.1 Å². The van der Waals surface area contributed by atoms with Crippen molar-refractivity contribution in [3.05, 3.63) is 54.0 Å². The lowest BCUT2D eigenvalue weighted by molar-refractivity contribution is 0.0692. The standard InChI is InChI=1S/C14H12N4O2/c19-14(20)13-11-6-10(3-4-12(11)17-18-13)16-8-9-2-1-5-15-7-9/h1-7,16H,8H2,(H,17,18)(H,19,20). The van der Waals surface area contributed by atoms with Gasteiger partial charge in [0, 0.05) is 30.0 Å². The molecular formula is C14H12N4O2. The minimum Gasteiger partial charge on any atom is -0.476 e. The quantitative estimate of drug-likeness (QED) is 0.675. The number of nitrogens with one attached hydrogen (secondary N) is 2. The molecule has 0 amide bonds. The van der Waals surface area contributed by atoms with E-state index in [1.54, 1.807) is 24.5 Å². The molecule has 1 aromatic carbocycles. The summed E-state index contributed by atoms with van der Waals surface area (Å²) in [6.45, 7) is 0.625. The number of carboxylic acids is 1. The SMILES string of the molecule is O=C(O)c1n[nH]c2ccc(NCc3cccnc3)cc12. The lowest BCUT2D eigenvalue weighted by Gasteiger charge is -2.06. The number of carboxylic acid groups (broad SMARTS) is 1. The van der Waals surface area contributed by atoms with E-state index in [2.05, 4.69) is 20.5 Å². The van der Waals surface area contributed by atoms with Crippen LogP contribution >= 0.6 is 0 Å². The van der Waals surface area contributed by atoms with E-state index in [-0.39, 0.29) is 5.69 Å². The normalized spacial score (nSPS) is 10.6. The maximum Gasteiger partial charge on any atom is 0.357 e. The summed E-state index contributed by atoms with van der Waals surface area (Å²) >= 11 is 0. The highest BCUT2D eigenvalue weighted by Gasteiger charge is 2.12. The van der Waals surface area contributed by atoms with Crippen molar-refractivity contribution in [2.24, 2.45) is 0 Å². The number of hydrogen-bond acceptors (Lipinski definition) is 4.